The number of carbonyl (C=O) groups excluding carboxylic acids is 1. The van der Waals surface area contributed by atoms with E-state index >= 15 is 0 Å². The molecule has 0 bridgehead atoms. The number of carbonyl (C=O) groups is 1. The lowest BCUT2D eigenvalue weighted by molar-refractivity contribution is 0.102. The number of benzene rings is 3. The molecular formula is C22H19N3O2S. The lowest BCUT2D eigenvalue weighted by Crippen LogP contribution is -2.36. The molecule has 1 aliphatic rings. The normalized spacial score (nSPS) is 14.5. The summed E-state index contributed by atoms with van der Waals surface area (Å²) in [5.74, 6) is -0.135. The maximum atomic E-state index is 12.9. The van der Waals surface area contributed by atoms with Gasteiger partial charge in [0, 0.05) is 24.3 Å². The summed E-state index contributed by atoms with van der Waals surface area (Å²) < 4.78 is 6.50. The number of nitrogens with one attached hydrogen (secondary N) is 1. The van der Waals surface area contributed by atoms with E-state index in [1.165, 1.54) is 17.0 Å². The van der Waals surface area contributed by atoms with Gasteiger partial charge in [0.15, 0.2) is 5.13 Å². The van der Waals surface area contributed by atoms with Crippen molar-refractivity contribution in [2.24, 2.45) is 0 Å². The van der Waals surface area contributed by atoms with Crippen molar-refractivity contribution in [2.45, 2.75) is 0 Å². The Morgan fingerprint density at radius 1 is 1.04 bits per heavy atom. The third-order valence-corrected chi connectivity index (χ3v) is 5.94. The molecular weight excluding hydrogens is 370 g/mol. The average molecular weight is 389 g/mol. The second-order valence-electron chi connectivity index (χ2n) is 6.75. The van der Waals surface area contributed by atoms with Crippen molar-refractivity contribution in [3.63, 3.8) is 0 Å². The zero-order chi connectivity index (χ0) is 18.9. The highest BCUT2D eigenvalue weighted by molar-refractivity contribution is 7.22. The van der Waals surface area contributed by atoms with Gasteiger partial charge in [-0.3, -0.25) is 10.1 Å². The molecule has 140 valence electrons. The van der Waals surface area contributed by atoms with Gasteiger partial charge < -0.3 is 9.64 Å². The predicted octanol–water partition coefficient (Wildman–Crippen LogP) is 4.54. The minimum Gasteiger partial charge on any atom is -0.378 e. The van der Waals surface area contributed by atoms with Crippen LogP contribution in [0.3, 0.4) is 0 Å². The fourth-order valence-electron chi connectivity index (χ4n) is 3.57. The summed E-state index contributed by atoms with van der Waals surface area (Å²) in [5, 5.41) is 5.58. The molecule has 0 spiro atoms. The molecule has 0 atom stereocenters. The Bertz CT molecular complexity index is 1160. The molecule has 1 aliphatic heterocycles. The molecule has 0 unspecified atom stereocenters. The van der Waals surface area contributed by atoms with Crippen LogP contribution < -0.4 is 10.2 Å². The molecule has 3 aromatic carbocycles. The number of nitrogens with zero attached hydrogens (tertiary/aromatic N) is 2. The van der Waals surface area contributed by atoms with Gasteiger partial charge in [-0.1, -0.05) is 47.7 Å². The molecule has 1 aromatic heterocycles. The van der Waals surface area contributed by atoms with Gasteiger partial charge in [0.2, 0.25) is 0 Å². The van der Waals surface area contributed by atoms with E-state index in [4.69, 9.17) is 4.74 Å². The van der Waals surface area contributed by atoms with Gasteiger partial charge in [-0.05, 0) is 35.0 Å². The summed E-state index contributed by atoms with van der Waals surface area (Å²) in [6.07, 6.45) is 0. The van der Waals surface area contributed by atoms with E-state index in [9.17, 15) is 4.79 Å². The molecule has 2 heterocycles. The minimum absolute atomic E-state index is 0.135. The summed E-state index contributed by atoms with van der Waals surface area (Å²) in [6, 6.07) is 19.9. The van der Waals surface area contributed by atoms with Crippen molar-refractivity contribution >= 4 is 49.1 Å². The largest absolute Gasteiger partial charge is 0.378 e. The lowest BCUT2D eigenvalue weighted by atomic mass is 10.0. The molecule has 6 heteroatoms. The van der Waals surface area contributed by atoms with Crippen molar-refractivity contribution in [2.75, 3.05) is 36.5 Å². The summed E-state index contributed by atoms with van der Waals surface area (Å²) in [7, 11) is 0. The van der Waals surface area contributed by atoms with E-state index in [2.05, 4.69) is 27.3 Å². The van der Waals surface area contributed by atoms with Crippen LogP contribution in [0.2, 0.25) is 0 Å². The van der Waals surface area contributed by atoms with E-state index in [-0.39, 0.29) is 5.91 Å². The van der Waals surface area contributed by atoms with Crippen molar-refractivity contribution in [1.82, 2.24) is 4.98 Å². The SMILES string of the molecule is O=C(Nc1nc2ccc(N3CCOCC3)cc2s1)c1cccc2ccccc12. The molecule has 0 radical (unpaired) electrons. The van der Waals surface area contributed by atoms with Crippen molar-refractivity contribution in [3.05, 3.63) is 66.2 Å². The van der Waals surface area contributed by atoms with Crippen LogP contribution in [-0.2, 0) is 4.74 Å². The van der Waals surface area contributed by atoms with Crippen molar-refractivity contribution in [1.29, 1.82) is 0 Å². The zero-order valence-corrected chi connectivity index (χ0v) is 16.0. The molecule has 5 nitrogen and oxygen atoms in total. The van der Waals surface area contributed by atoms with Crippen LogP contribution in [0.1, 0.15) is 10.4 Å². The number of morpholine rings is 1. The molecule has 5 rings (SSSR count). The zero-order valence-electron chi connectivity index (χ0n) is 15.2. The van der Waals surface area contributed by atoms with Gasteiger partial charge in [-0.15, -0.1) is 0 Å². The molecule has 1 N–H and O–H groups in total. The number of aromatic nitrogens is 1. The monoisotopic (exact) mass is 389 g/mol. The quantitative estimate of drug-likeness (QED) is 0.559. The highest BCUT2D eigenvalue weighted by Gasteiger charge is 2.15. The number of ether oxygens (including phenoxy) is 1. The molecule has 28 heavy (non-hydrogen) atoms. The second-order valence-corrected chi connectivity index (χ2v) is 7.78. The number of hydrogen-bond acceptors (Lipinski definition) is 5. The topological polar surface area (TPSA) is 54.5 Å². The van der Waals surface area contributed by atoms with Crippen LogP contribution in [0.4, 0.5) is 10.8 Å². The van der Waals surface area contributed by atoms with Gasteiger partial charge in [0.25, 0.3) is 5.91 Å². The fraction of sp³-hybridized carbons (Fsp3) is 0.182. The first-order chi connectivity index (χ1) is 13.8. The van der Waals surface area contributed by atoms with Gasteiger partial charge in [0.05, 0.1) is 23.4 Å². The van der Waals surface area contributed by atoms with Crippen LogP contribution in [0.15, 0.2) is 60.7 Å². The molecule has 1 amide bonds. The average Bonchev–Trinajstić information content (AvgIpc) is 3.15. The number of thiazole rings is 1. The lowest BCUT2D eigenvalue weighted by Gasteiger charge is -2.28. The third kappa shape index (κ3) is 3.21. The fourth-order valence-corrected chi connectivity index (χ4v) is 4.47. The molecule has 4 aromatic rings. The van der Waals surface area contributed by atoms with E-state index in [1.54, 1.807) is 0 Å². The summed E-state index contributed by atoms with van der Waals surface area (Å²) in [6.45, 7) is 3.31. The summed E-state index contributed by atoms with van der Waals surface area (Å²) >= 11 is 1.50. The summed E-state index contributed by atoms with van der Waals surface area (Å²) in [5.41, 5.74) is 2.73. The van der Waals surface area contributed by atoms with E-state index in [0.717, 1.165) is 47.3 Å². The highest BCUT2D eigenvalue weighted by Crippen LogP contribution is 2.30. The number of rotatable bonds is 3. The Morgan fingerprint density at radius 3 is 2.75 bits per heavy atom. The van der Waals surface area contributed by atoms with Gasteiger partial charge in [-0.2, -0.15) is 0 Å². The maximum Gasteiger partial charge on any atom is 0.258 e. The van der Waals surface area contributed by atoms with Crippen LogP contribution in [0.25, 0.3) is 21.0 Å². The van der Waals surface area contributed by atoms with Crippen molar-refractivity contribution in [3.8, 4) is 0 Å². The first kappa shape index (κ1) is 17.2. The molecule has 1 saturated heterocycles. The maximum absolute atomic E-state index is 12.9. The van der Waals surface area contributed by atoms with Gasteiger partial charge in [-0.25, -0.2) is 4.98 Å². The summed E-state index contributed by atoms with van der Waals surface area (Å²) in [4.78, 5) is 19.8. The minimum atomic E-state index is -0.135. The molecule has 1 fully saturated rings. The van der Waals surface area contributed by atoms with Crippen LogP contribution in [0, 0.1) is 0 Å². The predicted molar refractivity (Wildman–Crippen MR) is 115 cm³/mol. The third-order valence-electron chi connectivity index (χ3n) is 5.00. The van der Waals surface area contributed by atoms with Crippen molar-refractivity contribution < 1.29 is 9.53 Å². The van der Waals surface area contributed by atoms with E-state index in [0.29, 0.717) is 10.7 Å². The number of fused-ring (bicyclic) bond motifs is 2. The molecule has 0 saturated carbocycles. The Hall–Kier alpha value is -2.96. The smallest absolute Gasteiger partial charge is 0.258 e. The number of amides is 1. The second kappa shape index (κ2) is 7.22. The highest BCUT2D eigenvalue weighted by atomic mass is 32.1. The van der Waals surface area contributed by atoms with E-state index in [1.807, 2.05) is 48.5 Å². The number of hydrogen-bond donors (Lipinski definition) is 1. The Morgan fingerprint density at radius 2 is 1.86 bits per heavy atom. The van der Waals surface area contributed by atoms with Gasteiger partial charge in [0.1, 0.15) is 0 Å². The van der Waals surface area contributed by atoms with Crippen LogP contribution in [-0.4, -0.2) is 37.2 Å². The Kier molecular flexibility index (Phi) is 4.43. The number of anilines is 2. The van der Waals surface area contributed by atoms with Gasteiger partial charge >= 0.3 is 0 Å². The van der Waals surface area contributed by atoms with Crippen LogP contribution >= 0.6 is 11.3 Å². The molecule has 0 aliphatic carbocycles. The first-order valence-corrected chi connectivity index (χ1v) is 10.1. The van der Waals surface area contributed by atoms with Crippen LogP contribution in [0.5, 0.6) is 0 Å². The Labute approximate surface area is 166 Å². The first-order valence-electron chi connectivity index (χ1n) is 9.30. The standard InChI is InChI=1S/C22H19N3O2S/c26-21(18-7-3-5-15-4-1-2-6-17(15)18)24-22-23-19-9-8-16(14-20(19)28-22)25-10-12-27-13-11-25/h1-9,14H,10-13H2,(H,23,24,26). The Balaban J connectivity index is 1.42. The van der Waals surface area contributed by atoms with E-state index < -0.39 is 0 Å².